The molecule has 1 fully saturated rings. The van der Waals surface area contributed by atoms with Gasteiger partial charge in [0.2, 0.25) is 0 Å². The fourth-order valence-corrected chi connectivity index (χ4v) is 2.12. The zero-order chi connectivity index (χ0) is 12.4. The van der Waals surface area contributed by atoms with Crippen LogP contribution in [0.1, 0.15) is 35.9 Å². The summed E-state index contributed by atoms with van der Waals surface area (Å²) in [6, 6.07) is 0. The molecular weight excluding hydrogens is 220 g/mol. The van der Waals surface area contributed by atoms with Crippen LogP contribution in [0.2, 0.25) is 0 Å². The number of carbonyl (C=O) groups is 2. The van der Waals surface area contributed by atoms with Gasteiger partial charge in [0.05, 0.1) is 6.20 Å². The Labute approximate surface area is 99.8 Å². The average Bonchev–Trinajstić information content (AvgIpc) is 2.75. The molecule has 1 aromatic rings. The molecule has 0 aromatic carbocycles. The molecule has 0 N–H and O–H groups in total. The molecule has 1 saturated heterocycles. The molecule has 1 unspecified atom stereocenters. The number of ketones is 1. The summed E-state index contributed by atoms with van der Waals surface area (Å²) in [6.07, 6.45) is 2.68. The molecule has 1 aliphatic heterocycles. The maximum atomic E-state index is 12.2. The van der Waals surface area contributed by atoms with Crippen molar-refractivity contribution in [3.05, 3.63) is 17.5 Å². The number of likely N-dealkylation sites (tertiary alicyclic amines) is 1. The van der Waals surface area contributed by atoms with E-state index in [0.29, 0.717) is 30.8 Å². The van der Waals surface area contributed by atoms with E-state index < -0.39 is 0 Å². The molecule has 0 saturated carbocycles. The highest BCUT2D eigenvalue weighted by Crippen LogP contribution is 2.19. The first-order valence-electron chi connectivity index (χ1n) is 5.86. The van der Waals surface area contributed by atoms with E-state index in [9.17, 15) is 9.59 Å². The highest BCUT2D eigenvalue weighted by Gasteiger charge is 2.30. The second kappa shape index (κ2) is 4.69. The molecule has 5 nitrogen and oxygen atoms in total. The van der Waals surface area contributed by atoms with Gasteiger partial charge in [-0.3, -0.25) is 9.59 Å². The first kappa shape index (κ1) is 11.8. The van der Waals surface area contributed by atoms with Crippen molar-refractivity contribution in [3.63, 3.8) is 0 Å². The van der Waals surface area contributed by atoms with Crippen molar-refractivity contribution < 1.29 is 14.1 Å². The average molecular weight is 236 g/mol. The largest absolute Gasteiger partial charge is 0.361 e. The Balaban J connectivity index is 2.11. The maximum Gasteiger partial charge on any atom is 0.259 e. The summed E-state index contributed by atoms with van der Waals surface area (Å²) >= 11 is 0. The molecule has 1 amide bonds. The molecule has 0 radical (unpaired) electrons. The number of hydrogen-bond donors (Lipinski definition) is 0. The lowest BCUT2D eigenvalue weighted by Crippen LogP contribution is -2.44. The fraction of sp³-hybridized carbons (Fsp3) is 0.583. The van der Waals surface area contributed by atoms with Crippen molar-refractivity contribution in [2.24, 2.45) is 5.92 Å². The van der Waals surface area contributed by atoms with Crippen molar-refractivity contribution in [1.29, 1.82) is 0 Å². The molecule has 17 heavy (non-hydrogen) atoms. The summed E-state index contributed by atoms with van der Waals surface area (Å²) in [5.41, 5.74) is 0.495. The standard InChI is InChI=1S/C12H16N2O3/c1-3-9-7-14(5-4-11(9)15)12(16)10-6-13-17-8(10)2/h6,9H,3-5,7H2,1-2H3. The highest BCUT2D eigenvalue weighted by molar-refractivity contribution is 5.96. The number of aromatic nitrogens is 1. The van der Waals surface area contributed by atoms with Crippen molar-refractivity contribution in [3.8, 4) is 0 Å². The molecule has 2 rings (SSSR count). The van der Waals surface area contributed by atoms with Gasteiger partial charge >= 0.3 is 0 Å². The van der Waals surface area contributed by atoms with Gasteiger partial charge in [0.1, 0.15) is 17.1 Å². The molecule has 0 spiro atoms. The summed E-state index contributed by atoms with van der Waals surface area (Å²) in [5.74, 6) is 0.682. The topological polar surface area (TPSA) is 63.4 Å². The number of rotatable bonds is 2. The smallest absolute Gasteiger partial charge is 0.259 e. The fourth-order valence-electron chi connectivity index (χ4n) is 2.12. The molecule has 0 bridgehead atoms. The second-order valence-electron chi connectivity index (χ2n) is 4.37. The third-order valence-corrected chi connectivity index (χ3v) is 3.29. The summed E-state index contributed by atoms with van der Waals surface area (Å²) in [7, 11) is 0. The predicted molar refractivity (Wildman–Crippen MR) is 60.5 cm³/mol. The zero-order valence-corrected chi connectivity index (χ0v) is 10.1. The third kappa shape index (κ3) is 2.23. The van der Waals surface area contributed by atoms with E-state index in [1.54, 1.807) is 11.8 Å². The number of aryl methyl sites for hydroxylation is 1. The van der Waals surface area contributed by atoms with Crippen LogP contribution in [0.3, 0.4) is 0 Å². The molecule has 92 valence electrons. The van der Waals surface area contributed by atoms with E-state index in [1.165, 1.54) is 6.20 Å². The SMILES string of the molecule is CCC1CN(C(=O)c2cnoc2C)CCC1=O. The summed E-state index contributed by atoms with van der Waals surface area (Å²) < 4.78 is 4.89. The Morgan fingerprint density at radius 2 is 2.41 bits per heavy atom. The van der Waals surface area contributed by atoms with Crippen LogP contribution in [-0.4, -0.2) is 34.8 Å². The second-order valence-corrected chi connectivity index (χ2v) is 4.37. The summed E-state index contributed by atoms with van der Waals surface area (Å²) in [5, 5.41) is 3.60. The quantitative estimate of drug-likeness (QED) is 0.779. The first-order valence-corrected chi connectivity index (χ1v) is 5.86. The maximum absolute atomic E-state index is 12.2. The number of Topliss-reactive ketones (excluding diaryl/α,β-unsaturated/α-hetero) is 1. The number of amides is 1. The molecule has 0 aliphatic carbocycles. The normalized spacial score (nSPS) is 20.7. The van der Waals surface area contributed by atoms with E-state index in [2.05, 4.69) is 5.16 Å². The molecule has 1 atom stereocenters. The van der Waals surface area contributed by atoms with Gasteiger partial charge < -0.3 is 9.42 Å². The van der Waals surface area contributed by atoms with Crippen LogP contribution in [0, 0.1) is 12.8 Å². The Kier molecular flexibility index (Phi) is 3.26. The van der Waals surface area contributed by atoms with Crippen molar-refractivity contribution in [1.82, 2.24) is 10.1 Å². The Morgan fingerprint density at radius 1 is 1.65 bits per heavy atom. The van der Waals surface area contributed by atoms with Crippen LogP contribution in [0.15, 0.2) is 10.7 Å². The lowest BCUT2D eigenvalue weighted by Gasteiger charge is -2.31. The van der Waals surface area contributed by atoms with Crippen LogP contribution in [0.4, 0.5) is 0 Å². The van der Waals surface area contributed by atoms with Gasteiger partial charge in [0.25, 0.3) is 5.91 Å². The van der Waals surface area contributed by atoms with E-state index in [4.69, 9.17) is 4.52 Å². The van der Waals surface area contributed by atoms with Crippen molar-refractivity contribution in [2.75, 3.05) is 13.1 Å². The van der Waals surface area contributed by atoms with E-state index in [-0.39, 0.29) is 17.6 Å². The van der Waals surface area contributed by atoms with Crippen LogP contribution in [-0.2, 0) is 4.79 Å². The number of carbonyl (C=O) groups excluding carboxylic acids is 2. The van der Waals surface area contributed by atoms with Crippen LogP contribution >= 0.6 is 0 Å². The van der Waals surface area contributed by atoms with E-state index >= 15 is 0 Å². The highest BCUT2D eigenvalue weighted by atomic mass is 16.5. The molecule has 2 heterocycles. The van der Waals surface area contributed by atoms with Gasteiger partial charge in [0.15, 0.2) is 0 Å². The molecule has 1 aromatic heterocycles. The van der Waals surface area contributed by atoms with Crippen molar-refractivity contribution >= 4 is 11.7 Å². The van der Waals surface area contributed by atoms with Crippen molar-refractivity contribution in [2.45, 2.75) is 26.7 Å². The number of piperidine rings is 1. The molecular formula is C12H16N2O3. The monoisotopic (exact) mass is 236 g/mol. The summed E-state index contributed by atoms with van der Waals surface area (Å²) in [4.78, 5) is 25.5. The van der Waals surface area contributed by atoms with E-state index in [1.807, 2.05) is 6.92 Å². The predicted octanol–water partition coefficient (Wildman–Crippen LogP) is 1.42. The van der Waals surface area contributed by atoms with Gasteiger partial charge in [-0.25, -0.2) is 0 Å². The van der Waals surface area contributed by atoms with Gasteiger partial charge in [-0.15, -0.1) is 0 Å². The lowest BCUT2D eigenvalue weighted by molar-refractivity contribution is -0.125. The minimum atomic E-state index is -0.0882. The minimum absolute atomic E-state index is 0.0205. The van der Waals surface area contributed by atoms with Crippen LogP contribution in [0.5, 0.6) is 0 Å². The van der Waals surface area contributed by atoms with Gasteiger partial charge in [-0.05, 0) is 13.3 Å². The Hall–Kier alpha value is -1.65. The van der Waals surface area contributed by atoms with Crippen LogP contribution in [0.25, 0.3) is 0 Å². The lowest BCUT2D eigenvalue weighted by atomic mass is 9.94. The van der Waals surface area contributed by atoms with Gasteiger partial charge in [0, 0.05) is 25.4 Å². The Morgan fingerprint density at radius 3 is 3.00 bits per heavy atom. The number of hydrogen-bond acceptors (Lipinski definition) is 4. The zero-order valence-electron chi connectivity index (χ0n) is 10.1. The third-order valence-electron chi connectivity index (χ3n) is 3.29. The molecule has 1 aliphatic rings. The number of nitrogens with zero attached hydrogens (tertiary/aromatic N) is 2. The summed E-state index contributed by atoms with van der Waals surface area (Å²) in [6.45, 7) is 4.70. The molecule has 5 heteroatoms. The first-order chi connectivity index (χ1) is 8.13. The Bertz CT molecular complexity index is 439. The van der Waals surface area contributed by atoms with Gasteiger partial charge in [-0.1, -0.05) is 12.1 Å². The van der Waals surface area contributed by atoms with E-state index in [0.717, 1.165) is 6.42 Å². The van der Waals surface area contributed by atoms with Gasteiger partial charge in [-0.2, -0.15) is 0 Å². The van der Waals surface area contributed by atoms with Crippen LogP contribution < -0.4 is 0 Å². The minimum Gasteiger partial charge on any atom is -0.361 e.